The van der Waals surface area contributed by atoms with Gasteiger partial charge in [0.2, 0.25) is 0 Å². The molecule has 0 radical (unpaired) electrons. The molecule has 0 saturated carbocycles. The number of rotatable bonds is 6. The summed E-state index contributed by atoms with van der Waals surface area (Å²) in [5.74, 6) is -1.12. The highest BCUT2D eigenvalue weighted by Crippen LogP contribution is 2.20. The Kier molecular flexibility index (Phi) is 6.54. The van der Waals surface area contributed by atoms with E-state index in [1.165, 1.54) is 32.4 Å². The molecule has 27 heavy (non-hydrogen) atoms. The summed E-state index contributed by atoms with van der Waals surface area (Å²) >= 11 is 0. The van der Waals surface area contributed by atoms with Crippen molar-refractivity contribution in [3.63, 3.8) is 0 Å². The van der Waals surface area contributed by atoms with Crippen LogP contribution in [0.3, 0.4) is 0 Å². The number of ether oxygens (including phenoxy) is 3. The normalized spacial score (nSPS) is 10.3. The third-order valence-electron chi connectivity index (χ3n) is 3.50. The minimum absolute atomic E-state index is 0.0253. The van der Waals surface area contributed by atoms with Crippen LogP contribution in [0.4, 0.5) is 5.69 Å². The van der Waals surface area contributed by atoms with E-state index in [0.717, 1.165) is 0 Å². The van der Waals surface area contributed by atoms with Gasteiger partial charge in [0.15, 0.2) is 0 Å². The van der Waals surface area contributed by atoms with Crippen molar-refractivity contribution in [1.29, 1.82) is 0 Å². The Balaban J connectivity index is 2.31. The zero-order chi connectivity index (χ0) is 20.0. The first-order valence-corrected chi connectivity index (χ1v) is 8.24. The van der Waals surface area contributed by atoms with Gasteiger partial charge in [0.1, 0.15) is 5.75 Å². The predicted molar refractivity (Wildman–Crippen MR) is 99.3 cm³/mol. The van der Waals surface area contributed by atoms with E-state index in [4.69, 9.17) is 4.74 Å². The standard InChI is InChI=1S/C20H21NO6/c1-12(2)27-17-7-5-6-13(11-17)18(22)21-16-9-14(19(23)25-3)8-15(10-16)20(24)26-4/h5-12H,1-4H3,(H,21,22). The second-order valence-electron chi connectivity index (χ2n) is 5.93. The maximum atomic E-state index is 12.6. The SMILES string of the molecule is COC(=O)c1cc(NC(=O)c2cccc(OC(C)C)c2)cc(C(=O)OC)c1. The number of carbonyl (C=O) groups is 3. The van der Waals surface area contributed by atoms with E-state index in [9.17, 15) is 14.4 Å². The van der Waals surface area contributed by atoms with Gasteiger partial charge in [-0.25, -0.2) is 9.59 Å². The average Bonchev–Trinajstić information content (AvgIpc) is 2.66. The van der Waals surface area contributed by atoms with Crippen LogP contribution in [0.15, 0.2) is 42.5 Å². The summed E-state index contributed by atoms with van der Waals surface area (Å²) in [5.41, 5.74) is 0.870. The minimum atomic E-state index is -0.636. The molecule has 0 bridgehead atoms. The lowest BCUT2D eigenvalue weighted by Gasteiger charge is -2.12. The van der Waals surface area contributed by atoms with Gasteiger partial charge in [-0.05, 0) is 50.2 Å². The number of nitrogens with one attached hydrogen (secondary N) is 1. The van der Waals surface area contributed by atoms with Crippen molar-refractivity contribution in [2.45, 2.75) is 20.0 Å². The van der Waals surface area contributed by atoms with E-state index in [1.54, 1.807) is 24.3 Å². The molecule has 0 heterocycles. The van der Waals surface area contributed by atoms with E-state index in [0.29, 0.717) is 11.3 Å². The summed E-state index contributed by atoms with van der Waals surface area (Å²) in [6, 6.07) is 10.9. The van der Waals surface area contributed by atoms with Gasteiger partial charge in [-0.15, -0.1) is 0 Å². The lowest BCUT2D eigenvalue weighted by atomic mass is 10.1. The van der Waals surface area contributed by atoms with Crippen molar-refractivity contribution in [2.24, 2.45) is 0 Å². The molecule has 2 aromatic carbocycles. The Bertz CT molecular complexity index is 825. The van der Waals surface area contributed by atoms with Gasteiger partial charge in [-0.1, -0.05) is 6.07 Å². The highest BCUT2D eigenvalue weighted by atomic mass is 16.5. The van der Waals surface area contributed by atoms with Gasteiger partial charge in [0.05, 0.1) is 31.5 Å². The fourth-order valence-electron chi connectivity index (χ4n) is 2.36. The van der Waals surface area contributed by atoms with Crippen LogP contribution in [-0.2, 0) is 9.47 Å². The molecular weight excluding hydrogens is 350 g/mol. The molecule has 2 aromatic rings. The molecule has 1 amide bonds. The molecule has 0 atom stereocenters. The second kappa shape index (κ2) is 8.84. The number of hydrogen-bond donors (Lipinski definition) is 1. The van der Waals surface area contributed by atoms with E-state index < -0.39 is 17.8 Å². The first-order valence-electron chi connectivity index (χ1n) is 8.24. The molecule has 2 rings (SSSR count). The number of esters is 2. The molecule has 0 aromatic heterocycles. The van der Waals surface area contributed by atoms with Crippen LogP contribution in [-0.4, -0.2) is 38.2 Å². The number of hydrogen-bond acceptors (Lipinski definition) is 6. The van der Waals surface area contributed by atoms with Crippen molar-refractivity contribution in [2.75, 3.05) is 19.5 Å². The van der Waals surface area contributed by atoms with Gasteiger partial charge >= 0.3 is 11.9 Å². The molecule has 7 nitrogen and oxygen atoms in total. The average molecular weight is 371 g/mol. The largest absolute Gasteiger partial charge is 0.491 e. The highest BCUT2D eigenvalue weighted by Gasteiger charge is 2.16. The quantitative estimate of drug-likeness (QED) is 0.784. The van der Waals surface area contributed by atoms with Crippen LogP contribution in [0.5, 0.6) is 5.75 Å². The Morgan fingerprint density at radius 2 is 1.44 bits per heavy atom. The zero-order valence-electron chi connectivity index (χ0n) is 15.6. The summed E-state index contributed by atoms with van der Waals surface area (Å²) in [7, 11) is 2.46. The van der Waals surface area contributed by atoms with E-state index in [2.05, 4.69) is 14.8 Å². The van der Waals surface area contributed by atoms with Gasteiger partial charge in [-0.3, -0.25) is 4.79 Å². The fraction of sp³-hybridized carbons (Fsp3) is 0.250. The maximum absolute atomic E-state index is 12.6. The number of benzene rings is 2. The van der Waals surface area contributed by atoms with Crippen molar-refractivity contribution in [3.8, 4) is 5.75 Å². The Labute approximate surface area is 157 Å². The summed E-state index contributed by atoms with van der Waals surface area (Å²) in [6.45, 7) is 3.78. The predicted octanol–water partition coefficient (Wildman–Crippen LogP) is 3.30. The lowest BCUT2D eigenvalue weighted by Crippen LogP contribution is -2.15. The Hall–Kier alpha value is -3.35. The first kappa shape index (κ1) is 20.0. The maximum Gasteiger partial charge on any atom is 0.337 e. The third kappa shape index (κ3) is 5.31. The summed E-state index contributed by atoms with van der Waals surface area (Å²) in [6.07, 6.45) is -0.0253. The first-order chi connectivity index (χ1) is 12.8. The molecule has 0 aliphatic carbocycles. The fourth-order valence-corrected chi connectivity index (χ4v) is 2.36. The molecule has 0 spiro atoms. The highest BCUT2D eigenvalue weighted by molar-refractivity contribution is 6.06. The lowest BCUT2D eigenvalue weighted by molar-refractivity contribution is 0.0599. The number of methoxy groups -OCH3 is 2. The third-order valence-corrected chi connectivity index (χ3v) is 3.50. The Morgan fingerprint density at radius 1 is 0.852 bits per heavy atom. The number of amides is 1. The Morgan fingerprint density at radius 3 is 1.96 bits per heavy atom. The second-order valence-corrected chi connectivity index (χ2v) is 5.93. The molecule has 0 fully saturated rings. The zero-order valence-corrected chi connectivity index (χ0v) is 15.6. The van der Waals surface area contributed by atoms with E-state index >= 15 is 0 Å². The molecule has 142 valence electrons. The van der Waals surface area contributed by atoms with Gasteiger partial charge in [-0.2, -0.15) is 0 Å². The molecule has 7 heteroatoms. The van der Waals surface area contributed by atoms with Gasteiger partial charge in [0.25, 0.3) is 5.91 Å². The van der Waals surface area contributed by atoms with Gasteiger partial charge < -0.3 is 19.5 Å². The van der Waals surface area contributed by atoms with Crippen LogP contribution >= 0.6 is 0 Å². The monoisotopic (exact) mass is 371 g/mol. The molecule has 1 N–H and O–H groups in total. The summed E-state index contributed by atoms with van der Waals surface area (Å²) in [4.78, 5) is 36.2. The van der Waals surface area contributed by atoms with Crippen molar-refractivity contribution >= 4 is 23.5 Å². The number of carbonyl (C=O) groups excluding carboxylic acids is 3. The molecular formula is C20H21NO6. The van der Waals surface area contributed by atoms with Gasteiger partial charge in [0, 0.05) is 11.3 Å². The van der Waals surface area contributed by atoms with Crippen molar-refractivity contribution in [1.82, 2.24) is 0 Å². The summed E-state index contributed by atoms with van der Waals surface area (Å²) in [5, 5.41) is 2.67. The van der Waals surface area contributed by atoms with Crippen LogP contribution in [0.1, 0.15) is 44.9 Å². The van der Waals surface area contributed by atoms with Crippen molar-refractivity contribution < 1.29 is 28.6 Å². The topological polar surface area (TPSA) is 90.9 Å². The molecule has 0 saturated heterocycles. The van der Waals surface area contributed by atoms with Crippen LogP contribution in [0, 0.1) is 0 Å². The molecule has 0 aliphatic rings. The van der Waals surface area contributed by atoms with E-state index in [-0.39, 0.29) is 22.9 Å². The molecule has 0 aliphatic heterocycles. The smallest absolute Gasteiger partial charge is 0.337 e. The van der Waals surface area contributed by atoms with Crippen LogP contribution < -0.4 is 10.1 Å². The number of anilines is 1. The minimum Gasteiger partial charge on any atom is -0.491 e. The van der Waals surface area contributed by atoms with Crippen molar-refractivity contribution in [3.05, 3.63) is 59.2 Å². The summed E-state index contributed by atoms with van der Waals surface area (Å²) < 4.78 is 14.9. The van der Waals surface area contributed by atoms with Crippen LogP contribution in [0.2, 0.25) is 0 Å². The van der Waals surface area contributed by atoms with Crippen LogP contribution in [0.25, 0.3) is 0 Å². The van der Waals surface area contributed by atoms with E-state index in [1.807, 2.05) is 13.8 Å². The molecule has 0 unspecified atom stereocenters.